The van der Waals surface area contributed by atoms with Crippen LogP contribution in [0.15, 0.2) is 53.4 Å². The van der Waals surface area contributed by atoms with Gasteiger partial charge in [0.05, 0.1) is 11.3 Å². The lowest BCUT2D eigenvalue weighted by atomic mass is 10.1. The predicted octanol–water partition coefficient (Wildman–Crippen LogP) is 5.18. The fourth-order valence-corrected chi connectivity index (χ4v) is 4.52. The molecule has 0 aromatic heterocycles. The quantitative estimate of drug-likeness (QED) is 0.195. The van der Waals surface area contributed by atoms with Gasteiger partial charge in [-0.3, -0.25) is 19.3 Å². The lowest BCUT2D eigenvalue weighted by Crippen LogP contribution is -2.47. The number of aliphatic carboxylic acids is 1. The Kier molecular flexibility index (Phi) is 9.06. The van der Waals surface area contributed by atoms with Gasteiger partial charge >= 0.3 is 5.97 Å². The van der Waals surface area contributed by atoms with Crippen molar-refractivity contribution >= 4 is 87.0 Å². The van der Waals surface area contributed by atoms with E-state index in [2.05, 4.69) is 5.32 Å². The molecular formula is C23H19Cl3N2O5S2. The summed E-state index contributed by atoms with van der Waals surface area (Å²) in [7, 11) is 0. The van der Waals surface area contributed by atoms with Gasteiger partial charge in [-0.25, -0.2) is 0 Å². The van der Waals surface area contributed by atoms with E-state index >= 15 is 0 Å². The van der Waals surface area contributed by atoms with Crippen LogP contribution in [0.1, 0.15) is 27.9 Å². The zero-order valence-electron chi connectivity index (χ0n) is 18.2. The van der Waals surface area contributed by atoms with Crippen molar-refractivity contribution in [3.05, 3.63) is 70.1 Å². The molecule has 12 heteroatoms. The topological polar surface area (TPSA) is 95.9 Å². The Bertz CT molecular complexity index is 1170. The minimum atomic E-state index is -1.96. The Balaban J connectivity index is 1.69. The van der Waals surface area contributed by atoms with Crippen molar-refractivity contribution in [2.24, 2.45) is 0 Å². The number of thioether (sulfide) groups is 1. The van der Waals surface area contributed by atoms with Gasteiger partial charge < -0.3 is 15.2 Å². The molecule has 1 aliphatic heterocycles. The van der Waals surface area contributed by atoms with E-state index in [0.29, 0.717) is 26.1 Å². The van der Waals surface area contributed by atoms with E-state index in [4.69, 9.17) is 56.9 Å². The summed E-state index contributed by atoms with van der Waals surface area (Å²) in [6.07, 6.45) is 0.157. The van der Waals surface area contributed by atoms with Crippen LogP contribution in [0.2, 0.25) is 0 Å². The number of amides is 2. The third kappa shape index (κ3) is 7.59. The molecule has 1 saturated heterocycles. The van der Waals surface area contributed by atoms with E-state index in [-0.39, 0.29) is 18.9 Å². The van der Waals surface area contributed by atoms with Crippen molar-refractivity contribution in [3.8, 4) is 5.75 Å². The summed E-state index contributed by atoms with van der Waals surface area (Å²) < 4.78 is 4.07. The monoisotopic (exact) mass is 572 g/mol. The van der Waals surface area contributed by atoms with Crippen LogP contribution >= 0.6 is 58.8 Å². The first-order valence-corrected chi connectivity index (χ1v) is 12.5. The molecule has 3 rings (SSSR count). The van der Waals surface area contributed by atoms with E-state index in [1.807, 2.05) is 6.92 Å². The molecule has 1 fully saturated rings. The number of rotatable bonds is 8. The van der Waals surface area contributed by atoms with Gasteiger partial charge in [-0.2, -0.15) is 0 Å². The molecule has 1 heterocycles. The number of hydrogen-bond donors (Lipinski definition) is 2. The number of nitrogens with zero attached hydrogens (tertiary/aromatic N) is 1. The molecule has 35 heavy (non-hydrogen) atoms. The molecule has 2 aromatic carbocycles. The molecule has 0 aliphatic carbocycles. The summed E-state index contributed by atoms with van der Waals surface area (Å²) in [5, 5.41) is 11.4. The second-order valence-corrected chi connectivity index (χ2v) is 11.5. The maximum Gasteiger partial charge on any atom is 0.305 e. The second-order valence-electron chi connectivity index (χ2n) is 7.43. The van der Waals surface area contributed by atoms with E-state index in [1.165, 1.54) is 4.90 Å². The fraction of sp³-hybridized carbons (Fsp3) is 0.217. The summed E-state index contributed by atoms with van der Waals surface area (Å²) in [6, 6.07) is 13.4. The van der Waals surface area contributed by atoms with Crippen molar-refractivity contribution in [2.45, 2.75) is 23.4 Å². The van der Waals surface area contributed by atoms with Gasteiger partial charge in [0.2, 0.25) is 10.0 Å². The molecule has 0 bridgehead atoms. The van der Waals surface area contributed by atoms with Gasteiger partial charge in [-0.1, -0.05) is 88.6 Å². The molecule has 0 saturated carbocycles. The number of nitrogens with one attached hydrogen (secondary N) is 1. The number of thiocarbonyl (C=S) groups is 1. The van der Waals surface area contributed by atoms with Crippen LogP contribution in [0.25, 0.3) is 6.08 Å². The number of aryl methyl sites for hydroxylation is 1. The predicted molar refractivity (Wildman–Crippen MR) is 142 cm³/mol. The van der Waals surface area contributed by atoms with Crippen LogP contribution in [0.3, 0.4) is 0 Å². The Hall–Kier alpha value is -2.30. The number of carbonyl (C=O) groups is 3. The van der Waals surface area contributed by atoms with Crippen LogP contribution in [0.5, 0.6) is 5.75 Å². The molecule has 2 aromatic rings. The molecule has 2 N–H and O–H groups in total. The normalized spacial score (nSPS) is 15.9. The average molecular weight is 574 g/mol. The molecule has 184 valence electrons. The molecular weight excluding hydrogens is 555 g/mol. The molecule has 0 spiro atoms. The zero-order chi connectivity index (χ0) is 25.8. The van der Waals surface area contributed by atoms with Crippen molar-refractivity contribution in [3.63, 3.8) is 0 Å². The highest BCUT2D eigenvalue weighted by Gasteiger charge is 2.36. The smallest absolute Gasteiger partial charge is 0.305 e. The number of ether oxygens (including phenoxy) is 1. The maximum absolute atomic E-state index is 12.6. The van der Waals surface area contributed by atoms with Crippen molar-refractivity contribution < 1.29 is 24.2 Å². The van der Waals surface area contributed by atoms with E-state index < -0.39 is 21.9 Å². The Morgan fingerprint density at radius 2 is 1.80 bits per heavy atom. The number of carboxylic acid groups (broad SMARTS) is 1. The summed E-state index contributed by atoms with van der Waals surface area (Å²) in [5.41, 5.74) is 2.05. The molecule has 0 radical (unpaired) electrons. The summed E-state index contributed by atoms with van der Waals surface area (Å²) in [4.78, 5) is 37.5. The van der Waals surface area contributed by atoms with Gasteiger partial charge in [0.25, 0.3) is 11.8 Å². The summed E-state index contributed by atoms with van der Waals surface area (Å²) in [5.74, 6) is -1.52. The average Bonchev–Trinajstić information content (AvgIpc) is 3.05. The van der Waals surface area contributed by atoms with Gasteiger partial charge in [-0.05, 0) is 42.8 Å². The number of hydrogen-bond acceptors (Lipinski definition) is 6. The highest BCUT2D eigenvalue weighted by Crippen LogP contribution is 2.34. The highest BCUT2D eigenvalue weighted by molar-refractivity contribution is 8.26. The molecule has 0 unspecified atom stereocenters. The molecule has 7 nitrogen and oxygen atoms in total. The van der Waals surface area contributed by atoms with Gasteiger partial charge in [-0.15, -0.1) is 0 Å². The highest BCUT2D eigenvalue weighted by atomic mass is 35.6. The molecule has 2 amide bonds. The number of carboxylic acids is 1. The zero-order valence-corrected chi connectivity index (χ0v) is 22.1. The molecule has 1 atom stereocenters. The van der Waals surface area contributed by atoms with Crippen LogP contribution in [0.4, 0.5) is 0 Å². The van der Waals surface area contributed by atoms with E-state index in [0.717, 1.165) is 17.3 Å². The van der Waals surface area contributed by atoms with Crippen LogP contribution < -0.4 is 10.1 Å². The van der Waals surface area contributed by atoms with Crippen LogP contribution in [-0.4, -0.2) is 48.7 Å². The standard InChI is InChI=1S/C23H19Cl3N2O5S2/c1-13-2-6-15(7-3-13)19(31)27-21(23(24,25)26)33-16-8-4-14(5-9-16)12-17-20(32)28(22(34)35-17)11-10-18(29)30/h2-9,12,21H,10-11H2,1H3,(H,27,31)(H,29,30)/b17-12-/t21-/m0/s1. The Morgan fingerprint density at radius 3 is 2.37 bits per heavy atom. The number of alkyl halides is 3. The first-order chi connectivity index (χ1) is 16.4. The first-order valence-electron chi connectivity index (χ1n) is 10.1. The minimum Gasteiger partial charge on any atom is -0.481 e. The Labute approximate surface area is 226 Å². The van der Waals surface area contributed by atoms with Gasteiger partial charge in [0.15, 0.2) is 0 Å². The first kappa shape index (κ1) is 27.3. The van der Waals surface area contributed by atoms with Crippen LogP contribution in [0, 0.1) is 6.92 Å². The van der Waals surface area contributed by atoms with Gasteiger partial charge in [0, 0.05) is 12.1 Å². The van der Waals surface area contributed by atoms with E-state index in [9.17, 15) is 14.4 Å². The number of halogens is 3. The largest absolute Gasteiger partial charge is 0.481 e. The van der Waals surface area contributed by atoms with Crippen molar-refractivity contribution in [1.82, 2.24) is 10.2 Å². The lowest BCUT2D eigenvalue weighted by Gasteiger charge is -2.26. The van der Waals surface area contributed by atoms with Gasteiger partial charge in [0.1, 0.15) is 10.1 Å². The lowest BCUT2D eigenvalue weighted by molar-refractivity contribution is -0.137. The maximum atomic E-state index is 12.6. The van der Waals surface area contributed by atoms with Crippen molar-refractivity contribution in [1.29, 1.82) is 0 Å². The molecule has 1 aliphatic rings. The summed E-state index contributed by atoms with van der Waals surface area (Å²) >= 11 is 24.4. The second kappa shape index (κ2) is 11.6. The SMILES string of the molecule is Cc1ccc(C(=O)N[C@@H](Oc2ccc(/C=C3\SC(=S)N(CCC(=O)O)C3=O)cc2)C(Cl)(Cl)Cl)cc1. The Morgan fingerprint density at radius 1 is 1.17 bits per heavy atom. The van der Waals surface area contributed by atoms with Crippen molar-refractivity contribution in [2.75, 3.05) is 6.54 Å². The van der Waals surface area contributed by atoms with Crippen LogP contribution in [-0.2, 0) is 9.59 Å². The minimum absolute atomic E-state index is 0.0108. The number of benzene rings is 2. The third-order valence-electron chi connectivity index (χ3n) is 4.73. The fourth-order valence-electron chi connectivity index (χ4n) is 2.92. The number of carbonyl (C=O) groups excluding carboxylic acids is 2. The summed E-state index contributed by atoms with van der Waals surface area (Å²) in [6.45, 7) is 1.91. The van der Waals surface area contributed by atoms with E-state index in [1.54, 1.807) is 54.6 Å². The third-order valence-corrected chi connectivity index (χ3v) is 6.70.